The van der Waals surface area contributed by atoms with Crippen LogP contribution < -0.4 is 9.64 Å². The first-order chi connectivity index (χ1) is 7.70. The summed E-state index contributed by atoms with van der Waals surface area (Å²) >= 11 is 5.93. The van der Waals surface area contributed by atoms with E-state index in [-0.39, 0.29) is 11.3 Å². The lowest BCUT2D eigenvalue weighted by atomic mass is 10.4. The summed E-state index contributed by atoms with van der Waals surface area (Å²) in [6.45, 7) is 3.03. The van der Waals surface area contributed by atoms with Crippen molar-refractivity contribution >= 4 is 23.2 Å². The molecule has 1 aliphatic heterocycles. The molecule has 0 aliphatic carbocycles. The molecule has 0 aromatic carbocycles. The highest BCUT2D eigenvalue weighted by atomic mass is 35.5. The van der Waals surface area contributed by atoms with E-state index in [1.54, 1.807) is 17.2 Å². The zero-order valence-corrected chi connectivity index (χ0v) is 9.78. The Kier molecular flexibility index (Phi) is 3.29. The lowest BCUT2D eigenvalue weighted by Crippen LogP contribution is -2.24. The number of hydrogen-bond donors (Lipinski definition) is 0. The fourth-order valence-corrected chi connectivity index (χ4v) is 1.95. The van der Waals surface area contributed by atoms with E-state index in [4.69, 9.17) is 16.3 Å². The fourth-order valence-electron chi connectivity index (χ4n) is 1.68. The molecule has 0 N–H and O–H groups in total. The number of pyridine rings is 1. The third-order valence-corrected chi connectivity index (χ3v) is 2.69. The van der Waals surface area contributed by atoms with Crippen LogP contribution in [-0.2, 0) is 4.79 Å². The summed E-state index contributed by atoms with van der Waals surface area (Å²) in [6.07, 6.45) is 2.03. The van der Waals surface area contributed by atoms with E-state index >= 15 is 0 Å². The molecule has 16 heavy (non-hydrogen) atoms. The first-order valence-corrected chi connectivity index (χ1v) is 5.67. The second-order valence-electron chi connectivity index (χ2n) is 3.59. The van der Waals surface area contributed by atoms with Gasteiger partial charge in [0.2, 0.25) is 11.8 Å². The summed E-state index contributed by atoms with van der Waals surface area (Å²) in [6, 6.07) is 3.58. The maximum absolute atomic E-state index is 11.6. The number of halogens is 1. The van der Waals surface area contributed by atoms with Crippen LogP contribution in [-0.4, -0.2) is 29.4 Å². The molecule has 1 saturated heterocycles. The standard InChI is InChI=1S/C11H13ClN2O2/c1-2-16-10-4-3-9(6-13-10)14-7-8(12)5-11(14)15/h3-4,6,8H,2,5,7H2,1H3. The number of carbonyl (C=O) groups is 1. The zero-order chi connectivity index (χ0) is 11.5. The van der Waals surface area contributed by atoms with E-state index in [1.165, 1.54) is 0 Å². The van der Waals surface area contributed by atoms with E-state index in [1.807, 2.05) is 13.0 Å². The number of nitrogens with zero attached hydrogens (tertiary/aromatic N) is 2. The Hall–Kier alpha value is -1.29. The number of hydrogen-bond acceptors (Lipinski definition) is 3. The van der Waals surface area contributed by atoms with Crippen molar-refractivity contribution < 1.29 is 9.53 Å². The van der Waals surface area contributed by atoms with E-state index in [0.29, 0.717) is 25.5 Å². The normalized spacial score (nSPS) is 20.2. The number of alkyl halides is 1. The molecule has 1 aromatic rings. The first kappa shape index (κ1) is 11.2. The molecule has 1 fully saturated rings. The van der Waals surface area contributed by atoms with E-state index in [0.717, 1.165) is 5.69 Å². The van der Waals surface area contributed by atoms with Crippen LogP contribution in [0.1, 0.15) is 13.3 Å². The van der Waals surface area contributed by atoms with Crippen molar-refractivity contribution in [2.24, 2.45) is 0 Å². The topological polar surface area (TPSA) is 42.4 Å². The zero-order valence-electron chi connectivity index (χ0n) is 9.02. The van der Waals surface area contributed by atoms with Crippen LogP contribution in [0.25, 0.3) is 0 Å². The molecule has 0 saturated carbocycles. The number of anilines is 1. The molecule has 5 heteroatoms. The van der Waals surface area contributed by atoms with E-state index < -0.39 is 0 Å². The maximum Gasteiger partial charge on any atom is 0.228 e. The molecule has 2 heterocycles. The monoisotopic (exact) mass is 240 g/mol. The minimum Gasteiger partial charge on any atom is -0.478 e. The Bertz CT molecular complexity index is 380. The minimum absolute atomic E-state index is 0.0472. The summed E-state index contributed by atoms with van der Waals surface area (Å²) in [7, 11) is 0. The Morgan fingerprint density at radius 3 is 2.94 bits per heavy atom. The molecule has 4 nitrogen and oxygen atoms in total. The quantitative estimate of drug-likeness (QED) is 0.757. The molecule has 1 unspecified atom stereocenters. The molecule has 86 valence electrons. The molecule has 0 bridgehead atoms. The van der Waals surface area contributed by atoms with Gasteiger partial charge in [0.25, 0.3) is 0 Å². The van der Waals surface area contributed by atoms with Crippen LogP contribution in [0.15, 0.2) is 18.3 Å². The van der Waals surface area contributed by atoms with Crippen molar-refractivity contribution in [1.29, 1.82) is 0 Å². The van der Waals surface area contributed by atoms with Crippen LogP contribution >= 0.6 is 11.6 Å². The predicted molar refractivity (Wildman–Crippen MR) is 62.0 cm³/mol. The molecule has 2 rings (SSSR count). The third kappa shape index (κ3) is 2.27. The second-order valence-corrected chi connectivity index (χ2v) is 4.21. The summed E-state index contributed by atoms with van der Waals surface area (Å²) in [4.78, 5) is 17.3. The third-order valence-electron chi connectivity index (χ3n) is 2.40. The molecular formula is C11H13ClN2O2. The number of rotatable bonds is 3. The highest BCUT2D eigenvalue weighted by molar-refractivity contribution is 6.24. The first-order valence-electron chi connectivity index (χ1n) is 5.24. The van der Waals surface area contributed by atoms with Gasteiger partial charge >= 0.3 is 0 Å². The summed E-state index contributed by atoms with van der Waals surface area (Å²) < 4.78 is 5.23. The van der Waals surface area contributed by atoms with Crippen molar-refractivity contribution in [3.63, 3.8) is 0 Å². The summed E-state index contributed by atoms with van der Waals surface area (Å²) in [5.41, 5.74) is 0.775. The van der Waals surface area contributed by atoms with Crippen molar-refractivity contribution in [2.75, 3.05) is 18.1 Å². The van der Waals surface area contributed by atoms with E-state index in [9.17, 15) is 4.79 Å². The summed E-state index contributed by atoms with van der Waals surface area (Å²) in [5.74, 6) is 0.617. The number of amides is 1. The number of aromatic nitrogens is 1. The van der Waals surface area contributed by atoms with Crippen LogP contribution in [0, 0.1) is 0 Å². The van der Waals surface area contributed by atoms with Gasteiger partial charge in [-0.25, -0.2) is 4.98 Å². The van der Waals surface area contributed by atoms with E-state index in [2.05, 4.69) is 4.98 Å². The lowest BCUT2D eigenvalue weighted by molar-refractivity contribution is -0.117. The molecule has 1 amide bonds. The molecule has 1 aliphatic rings. The van der Waals surface area contributed by atoms with Crippen LogP contribution in [0.4, 0.5) is 5.69 Å². The number of carbonyl (C=O) groups excluding carboxylic acids is 1. The largest absolute Gasteiger partial charge is 0.478 e. The second kappa shape index (κ2) is 4.70. The lowest BCUT2D eigenvalue weighted by Gasteiger charge is -2.15. The summed E-state index contributed by atoms with van der Waals surface area (Å²) in [5, 5.41) is -0.0981. The van der Waals surface area contributed by atoms with Gasteiger partial charge in [0, 0.05) is 19.0 Å². The smallest absolute Gasteiger partial charge is 0.228 e. The maximum atomic E-state index is 11.6. The highest BCUT2D eigenvalue weighted by Gasteiger charge is 2.29. The number of ether oxygens (including phenoxy) is 1. The van der Waals surface area contributed by atoms with Gasteiger partial charge in [-0.2, -0.15) is 0 Å². The Labute approximate surface area is 99.2 Å². The van der Waals surface area contributed by atoms with Gasteiger partial charge in [-0.1, -0.05) is 0 Å². The molecule has 1 aromatic heterocycles. The van der Waals surface area contributed by atoms with Crippen LogP contribution in [0.2, 0.25) is 0 Å². The van der Waals surface area contributed by atoms with Gasteiger partial charge in [-0.15, -0.1) is 11.6 Å². The van der Waals surface area contributed by atoms with Crippen molar-refractivity contribution in [2.45, 2.75) is 18.7 Å². The average Bonchev–Trinajstić information content (AvgIpc) is 2.59. The van der Waals surface area contributed by atoms with Gasteiger partial charge in [-0.3, -0.25) is 4.79 Å². The van der Waals surface area contributed by atoms with Crippen LogP contribution in [0.5, 0.6) is 5.88 Å². The van der Waals surface area contributed by atoms with Gasteiger partial charge in [0.05, 0.1) is 23.9 Å². The van der Waals surface area contributed by atoms with Crippen molar-refractivity contribution in [3.05, 3.63) is 18.3 Å². The Morgan fingerprint density at radius 1 is 1.62 bits per heavy atom. The van der Waals surface area contributed by atoms with Gasteiger partial charge in [0.15, 0.2) is 0 Å². The molecule has 0 spiro atoms. The van der Waals surface area contributed by atoms with Crippen LogP contribution in [0.3, 0.4) is 0 Å². The van der Waals surface area contributed by atoms with Gasteiger partial charge < -0.3 is 9.64 Å². The Morgan fingerprint density at radius 2 is 2.44 bits per heavy atom. The molecule has 0 radical (unpaired) electrons. The average molecular weight is 241 g/mol. The van der Waals surface area contributed by atoms with Gasteiger partial charge in [-0.05, 0) is 13.0 Å². The molecular weight excluding hydrogens is 228 g/mol. The predicted octanol–water partition coefficient (Wildman–Crippen LogP) is 1.82. The fraction of sp³-hybridized carbons (Fsp3) is 0.455. The van der Waals surface area contributed by atoms with Crippen molar-refractivity contribution in [3.8, 4) is 5.88 Å². The highest BCUT2D eigenvalue weighted by Crippen LogP contribution is 2.24. The molecule has 1 atom stereocenters. The SMILES string of the molecule is CCOc1ccc(N2CC(Cl)CC2=O)cn1. The van der Waals surface area contributed by atoms with Crippen molar-refractivity contribution in [1.82, 2.24) is 4.98 Å². The minimum atomic E-state index is -0.0981. The van der Waals surface area contributed by atoms with Gasteiger partial charge in [0.1, 0.15) is 0 Å². The Balaban J connectivity index is 2.12.